The van der Waals surface area contributed by atoms with Crippen LogP contribution in [0.15, 0.2) is 34.8 Å². The lowest BCUT2D eigenvalue weighted by Crippen LogP contribution is -2.13. The molecule has 106 valence electrons. The molecule has 2 aromatic rings. The standard InChI is InChI=1S/C15H9BrClFN2O/c1-8-13(18)2-9(7-19)3-14(8)20-15(21)10-4-11(16)6-12(17)5-10/h2-6H,1H3,(H,20,21). The maximum absolute atomic E-state index is 13.7. The van der Waals surface area contributed by atoms with Crippen molar-refractivity contribution < 1.29 is 9.18 Å². The van der Waals surface area contributed by atoms with Crippen LogP contribution >= 0.6 is 27.5 Å². The van der Waals surface area contributed by atoms with Crippen molar-refractivity contribution in [2.24, 2.45) is 0 Å². The molecule has 0 saturated carbocycles. The number of anilines is 1. The average molecular weight is 368 g/mol. The van der Waals surface area contributed by atoms with Crippen LogP contribution in [-0.2, 0) is 0 Å². The minimum Gasteiger partial charge on any atom is -0.322 e. The van der Waals surface area contributed by atoms with Crippen molar-refractivity contribution in [3.63, 3.8) is 0 Å². The first-order chi connectivity index (χ1) is 9.90. The fraction of sp³-hybridized carbons (Fsp3) is 0.0667. The lowest BCUT2D eigenvalue weighted by molar-refractivity contribution is 0.102. The topological polar surface area (TPSA) is 52.9 Å². The highest BCUT2D eigenvalue weighted by atomic mass is 79.9. The zero-order chi connectivity index (χ0) is 15.6. The van der Waals surface area contributed by atoms with Crippen LogP contribution in [0, 0.1) is 24.1 Å². The molecule has 21 heavy (non-hydrogen) atoms. The minimum atomic E-state index is -0.545. The predicted octanol–water partition coefficient (Wildman–Crippen LogP) is 4.67. The van der Waals surface area contributed by atoms with Crippen molar-refractivity contribution in [2.75, 3.05) is 5.32 Å². The first-order valence-electron chi connectivity index (χ1n) is 5.88. The Hall–Kier alpha value is -1.90. The van der Waals surface area contributed by atoms with Gasteiger partial charge < -0.3 is 5.32 Å². The van der Waals surface area contributed by atoms with E-state index in [0.29, 0.717) is 15.1 Å². The molecule has 0 atom stereocenters. The highest BCUT2D eigenvalue weighted by molar-refractivity contribution is 9.10. The predicted molar refractivity (Wildman–Crippen MR) is 83.0 cm³/mol. The van der Waals surface area contributed by atoms with E-state index in [1.165, 1.54) is 19.1 Å². The molecular formula is C15H9BrClFN2O. The first-order valence-corrected chi connectivity index (χ1v) is 7.05. The van der Waals surface area contributed by atoms with Crippen molar-refractivity contribution in [2.45, 2.75) is 6.92 Å². The monoisotopic (exact) mass is 366 g/mol. The van der Waals surface area contributed by atoms with E-state index in [4.69, 9.17) is 16.9 Å². The van der Waals surface area contributed by atoms with E-state index in [9.17, 15) is 9.18 Å². The Morgan fingerprint density at radius 2 is 2.05 bits per heavy atom. The summed E-state index contributed by atoms with van der Waals surface area (Å²) in [5.74, 6) is -0.979. The molecule has 0 aliphatic carbocycles. The summed E-state index contributed by atoms with van der Waals surface area (Å²) in [4.78, 5) is 12.2. The van der Waals surface area contributed by atoms with Gasteiger partial charge in [-0.25, -0.2) is 4.39 Å². The normalized spacial score (nSPS) is 10.0. The van der Waals surface area contributed by atoms with Crippen molar-refractivity contribution in [1.29, 1.82) is 5.26 Å². The molecule has 0 fully saturated rings. The van der Waals surface area contributed by atoms with Crippen LogP contribution < -0.4 is 5.32 Å². The zero-order valence-corrected chi connectivity index (χ0v) is 13.2. The molecule has 0 bridgehead atoms. The van der Waals surface area contributed by atoms with Gasteiger partial charge in [0.05, 0.1) is 11.6 Å². The fourth-order valence-corrected chi connectivity index (χ4v) is 2.61. The minimum absolute atomic E-state index is 0.140. The van der Waals surface area contributed by atoms with E-state index in [1.54, 1.807) is 12.1 Å². The number of rotatable bonds is 2. The molecule has 0 aliphatic heterocycles. The molecule has 0 saturated heterocycles. The van der Waals surface area contributed by atoms with Crippen molar-refractivity contribution in [3.8, 4) is 6.07 Å². The van der Waals surface area contributed by atoms with Gasteiger partial charge in [-0.1, -0.05) is 27.5 Å². The number of hydrogen-bond donors (Lipinski definition) is 1. The smallest absolute Gasteiger partial charge is 0.255 e. The van der Waals surface area contributed by atoms with Crippen LogP contribution in [0.25, 0.3) is 0 Å². The Balaban J connectivity index is 2.36. The van der Waals surface area contributed by atoms with Crippen molar-refractivity contribution >= 4 is 39.1 Å². The number of hydrogen-bond acceptors (Lipinski definition) is 2. The second-order valence-corrected chi connectivity index (χ2v) is 5.71. The summed E-state index contributed by atoms with van der Waals surface area (Å²) in [6, 6.07) is 9.15. The summed E-state index contributed by atoms with van der Waals surface area (Å²) in [5, 5.41) is 11.8. The van der Waals surface area contributed by atoms with E-state index in [0.717, 1.165) is 6.07 Å². The number of nitrogens with one attached hydrogen (secondary N) is 1. The number of benzene rings is 2. The lowest BCUT2D eigenvalue weighted by Gasteiger charge is -2.10. The third-order valence-electron chi connectivity index (χ3n) is 2.85. The molecule has 0 aromatic heterocycles. The summed E-state index contributed by atoms with van der Waals surface area (Å²) in [5.41, 5.74) is 0.994. The molecule has 0 aliphatic rings. The van der Waals surface area contributed by atoms with Crippen LogP contribution in [0.5, 0.6) is 0 Å². The van der Waals surface area contributed by atoms with Crippen LogP contribution in [-0.4, -0.2) is 5.91 Å². The molecule has 0 unspecified atom stereocenters. The molecule has 6 heteroatoms. The molecule has 0 radical (unpaired) electrons. The van der Waals surface area contributed by atoms with Gasteiger partial charge in [0.25, 0.3) is 5.91 Å². The molecule has 1 amide bonds. The van der Waals surface area contributed by atoms with Gasteiger partial charge in [0.2, 0.25) is 0 Å². The van der Waals surface area contributed by atoms with Crippen molar-refractivity contribution in [1.82, 2.24) is 0 Å². The van der Waals surface area contributed by atoms with E-state index >= 15 is 0 Å². The third-order valence-corrected chi connectivity index (χ3v) is 3.52. The maximum Gasteiger partial charge on any atom is 0.255 e. The Morgan fingerprint density at radius 1 is 1.33 bits per heavy atom. The molecule has 3 nitrogen and oxygen atoms in total. The molecule has 2 aromatic carbocycles. The number of carbonyl (C=O) groups excluding carboxylic acids is 1. The number of amides is 1. The van der Waals surface area contributed by atoms with Gasteiger partial charge in [-0.2, -0.15) is 5.26 Å². The maximum atomic E-state index is 13.7. The van der Waals surface area contributed by atoms with Crippen LogP contribution in [0.4, 0.5) is 10.1 Å². The molecule has 1 N–H and O–H groups in total. The molecule has 2 rings (SSSR count). The number of halogens is 3. The lowest BCUT2D eigenvalue weighted by atomic mass is 10.1. The molecule has 0 spiro atoms. The van der Waals surface area contributed by atoms with Crippen LogP contribution in [0.1, 0.15) is 21.5 Å². The van der Waals surface area contributed by atoms with Gasteiger partial charge in [-0.15, -0.1) is 0 Å². The van der Waals surface area contributed by atoms with E-state index in [1.807, 2.05) is 6.07 Å². The van der Waals surface area contributed by atoms with Gasteiger partial charge in [0.15, 0.2) is 0 Å². The largest absolute Gasteiger partial charge is 0.322 e. The van der Waals surface area contributed by atoms with Gasteiger partial charge >= 0.3 is 0 Å². The Labute approximate surface area is 134 Å². The van der Waals surface area contributed by atoms with E-state index in [2.05, 4.69) is 21.2 Å². The summed E-state index contributed by atoms with van der Waals surface area (Å²) >= 11 is 9.14. The second-order valence-electron chi connectivity index (χ2n) is 4.35. The number of nitriles is 1. The zero-order valence-electron chi connectivity index (χ0n) is 10.9. The quantitative estimate of drug-likeness (QED) is 0.838. The molecular weight excluding hydrogens is 359 g/mol. The Morgan fingerprint density at radius 3 is 2.67 bits per heavy atom. The van der Waals surface area contributed by atoms with E-state index < -0.39 is 11.7 Å². The van der Waals surface area contributed by atoms with Crippen molar-refractivity contribution in [3.05, 3.63) is 62.3 Å². The number of carbonyl (C=O) groups is 1. The van der Waals surface area contributed by atoms with Gasteiger partial charge in [0, 0.05) is 26.3 Å². The van der Waals surface area contributed by atoms with Gasteiger partial charge in [-0.3, -0.25) is 4.79 Å². The van der Waals surface area contributed by atoms with Crippen LogP contribution in [0.2, 0.25) is 5.02 Å². The Kier molecular flexibility index (Phi) is 4.61. The molecule has 0 heterocycles. The summed E-state index contributed by atoms with van der Waals surface area (Å²) in [6.07, 6.45) is 0. The first kappa shape index (κ1) is 15.5. The summed E-state index contributed by atoms with van der Waals surface area (Å²) in [6.45, 7) is 1.53. The fourth-order valence-electron chi connectivity index (χ4n) is 1.75. The van der Waals surface area contributed by atoms with Gasteiger partial charge in [-0.05, 0) is 37.3 Å². The summed E-state index contributed by atoms with van der Waals surface area (Å²) < 4.78 is 14.3. The SMILES string of the molecule is Cc1c(F)cc(C#N)cc1NC(=O)c1cc(Cl)cc(Br)c1. The highest BCUT2D eigenvalue weighted by Gasteiger charge is 2.12. The third kappa shape index (κ3) is 3.60. The van der Waals surface area contributed by atoms with E-state index in [-0.39, 0.29) is 16.8 Å². The second kappa shape index (κ2) is 6.25. The van der Waals surface area contributed by atoms with Gasteiger partial charge in [0.1, 0.15) is 5.82 Å². The average Bonchev–Trinajstić information content (AvgIpc) is 2.42. The Bertz CT molecular complexity index is 751. The van der Waals surface area contributed by atoms with Crippen LogP contribution in [0.3, 0.4) is 0 Å². The summed E-state index contributed by atoms with van der Waals surface area (Å²) in [7, 11) is 0. The highest BCUT2D eigenvalue weighted by Crippen LogP contribution is 2.23. The number of nitrogens with zero attached hydrogens (tertiary/aromatic N) is 1.